The predicted molar refractivity (Wildman–Crippen MR) is 132 cm³/mol. The first-order valence-electron chi connectivity index (χ1n) is 11.6. The SMILES string of the molecule is Cc1cc(OOC(=O)C(C)C)ccc1C(=O)CCc1sc(-c2ccc(C(F)(F)F)cc2)nc1C(C)C. The van der Waals surface area contributed by atoms with Crippen LogP contribution in [0.15, 0.2) is 42.5 Å². The maximum absolute atomic E-state index is 12.9. The van der Waals surface area contributed by atoms with Crippen LogP contribution >= 0.6 is 11.3 Å². The van der Waals surface area contributed by atoms with Crippen molar-refractivity contribution in [2.75, 3.05) is 0 Å². The van der Waals surface area contributed by atoms with Gasteiger partial charge >= 0.3 is 12.1 Å². The number of hydrogen-bond donors (Lipinski definition) is 0. The van der Waals surface area contributed by atoms with Crippen LogP contribution in [0.1, 0.15) is 72.1 Å². The fourth-order valence-electron chi connectivity index (χ4n) is 3.47. The molecule has 36 heavy (non-hydrogen) atoms. The number of rotatable bonds is 9. The van der Waals surface area contributed by atoms with Crippen molar-refractivity contribution >= 4 is 23.1 Å². The van der Waals surface area contributed by atoms with Crippen LogP contribution in [-0.2, 0) is 22.3 Å². The van der Waals surface area contributed by atoms with Crippen molar-refractivity contribution < 1.29 is 32.5 Å². The lowest BCUT2D eigenvalue weighted by Crippen LogP contribution is -2.14. The van der Waals surface area contributed by atoms with Gasteiger partial charge in [0.2, 0.25) is 0 Å². The van der Waals surface area contributed by atoms with E-state index in [0.29, 0.717) is 33.9 Å². The molecule has 0 unspecified atom stereocenters. The van der Waals surface area contributed by atoms with Crippen molar-refractivity contribution in [1.29, 1.82) is 0 Å². The summed E-state index contributed by atoms with van der Waals surface area (Å²) in [7, 11) is 0. The maximum Gasteiger partial charge on any atom is 0.416 e. The number of alkyl halides is 3. The quantitative estimate of drug-likeness (QED) is 0.166. The normalized spacial score (nSPS) is 11.7. The number of hydrogen-bond acceptors (Lipinski definition) is 6. The Balaban J connectivity index is 1.71. The molecule has 1 aromatic heterocycles. The molecule has 0 aliphatic rings. The average Bonchev–Trinajstić information content (AvgIpc) is 3.25. The van der Waals surface area contributed by atoms with Gasteiger partial charge in [-0.15, -0.1) is 11.3 Å². The monoisotopic (exact) mass is 519 g/mol. The lowest BCUT2D eigenvalue weighted by Gasteiger charge is -2.09. The maximum atomic E-state index is 12.9. The Morgan fingerprint density at radius 1 is 1.03 bits per heavy atom. The molecule has 0 aliphatic carbocycles. The first-order valence-corrected chi connectivity index (χ1v) is 12.4. The zero-order valence-electron chi connectivity index (χ0n) is 20.7. The molecule has 192 valence electrons. The van der Waals surface area contributed by atoms with Crippen LogP contribution in [0.5, 0.6) is 5.75 Å². The van der Waals surface area contributed by atoms with Gasteiger partial charge in [-0.05, 0) is 55.2 Å². The Bertz CT molecular complexity index is 1230. The second-order valence-electron chi connectivity index (χ2n) is 9.10. The van der Waals surface area contributed by atoms with Crippen LogP contribution in [0.4, 0.5) is 13.2 Å². The molecule has 3 aromatic rings. The molecule has 1 heterocycles. The van der Waals surface area contributed by atoms with E-state index < -0.39 is 17.7 Å². The van der Waals surface area contributed by atoms with E-state index in [0.717, 1.165) is 22.7 Å². The molecule has 2 aromatic carbocycles. The molecular weight excluding hydrogens is 491 g/mol. The molecule has 9 heteroatoms. The number of carbonyl (C=O) groups is 2. The number of nitrogens with zero attached hydrogens (tertiary/aromatic N) is 1. The van der Waals surface area contributed by atoms with Crippen molar-refractivity contribution in [2.45, 2.75) is 59.6 Å². The highest BCUT2D eigenvalue weighted by atomic mass is 32.1. The summed E-state index contributed by atoms with van der Waals surface area (Å²) in [6.45, 7) is 9.15. The minimum atomic E-state index is -4.39. The first-order chi connectivity index (χ1) is 16.9. The van der Waals surface area contributed by atoms with E-state index >= 15 is 0 Å². The van der Waals surface area contributed by atoms with Gasteiger partial charge in [-0.1, -0.05) is 39.8 Å². The van der Waals surface area contributed by atoms with Gasteiger partial charge in [-0.2, -0.15) is 13.2 Å². The molecule has 0 atom stereocenters. The number of carbonyl (C=O) groups excluding carboxylic acids is 2. The van der Waals surface area contributed by atoms with Crippen molar-refractivity contribution in [2.24, 2.45) is 5.92 Å². The Hall–Kier alpha value is -3.20. The lowest BCUT2D eigenvalue weighted by molar-refractivity contribution is -0.217. The fraction of sp³-hybridized carbons (Fsp3) is 0.370. The van der Waals surface area contributed by atoms with Crippen molar-refractivity contribution in [3.05, 3.63) is 69.7 Å². The lowest BCUT2D eigenvalue weighted by atomic mass is 9.99. The van der Waals surface area contributed by atoms with Gasteiger partial charge in [0.25, 0.3) is 0 Å². The molecule has 0 aliphatic heterocycles. The van der Waals surface area contributed by atoms with Crippen LogP contribution in [0.25, 0.3) is 10.6 Å². The number of ketones is 1. The second-order valence-corrected chi connectivity index (χ2v) is 10.2. The number of halogens is 3. The van der Waals surface area contributed by atoms with E-state index in [9.17, 15) is 22.8 Å². The van der Waals surface area contributed by atoms with Crippen LogP contribution < -0.4 is 4.89 Å². The van der Waals surface area contributed by atoms with E-state index in [4.69, 9.17) is 9.78 Å². The third kappa shape index (κ3) is 6.72. The molecule has 0 saturated heterocycles. The number of aromatic nitrogens is 1. The molecule has 5 nitrogen and oxygen atoms in total. The molecule has 0 bridgehead atoms. The second kappa shape index (κ2) is 11.2. The zero-order valence-corrected chi connectivity index (χ0v) is 21.5. The fourth-order valence-corrected chi connectivity index (χ4v) is 4.69. The molecule has 0 radical (unpaired) electrons. The minimum absolute atomic E-state index is 0.0580. The Morgan fingerprint density at radius 3 is 2.25 bits per heavy atom. The first kappa shape index (κ1) is 27.4. The largest absolute Gasteiger partial charge is 0.416 e. The van der Waals surface area contributed by atoms with Crippen molar-refractivity contribution in [3.63, 3.8) is 0 Å². The van der Waals surface area contributed by atoms with E-state index in [2.05, 4.69) is 4.98 Å². The molecule has 0 fully saturated rings. The highest BCUT2D eigenvalue weighted by Gasteiger charge is 2.30. The highest BCUT2D eigenvalue weighted by molar-refractivity contribution is 7.15. The van der Waals surface area contributed by atoms with Crippen LogP contribution in [0.2, 0.25) is 0 Å². The summed E-state index contributed by atoms with van der Waals surface area (Å²) in [6.07, 6.45) is -3.68. The molecule has 0 saturated carbocycles. The molecule has 0 N–H and O–H groups in total. The highest BCUT2D eigenvalue weighted by Crippen LogP contribution is 2.35. The van der Waals surface area contributed by atoms with Gasteiger partial charge in [0, 0.05) is 22.4 Å². The average molecular weight is 520 g/mol. The van der Waals surface area contributed by atoms with E-state index in [-0.39, 0.29) is 24.0 Å². The van der Waals surface area contributed by atoms with E-state index in [1.165, 1.54) is 23.5 Å². The summed E-state index contributed by atoms with van der Waals surface area (Å²) in [4.78, 5) is 39.9. The van der Waals surface area contributed by atoms with Crippen LogP contribution in [-0.4, -0.2) is 16.7 Å². The number of thiazole rings is 1. The van der Waals surface area contributed by atoms with Gasteiger partial charge < -0.3 is 0 Å². The van der Waals surface area contributed by atoms with Gasteiger partial charge in [0.1, 0.15) is 5.01 Å². The smallest absolute Gasteiger partial charge is 0.294 e. The predicted octanol–water partition coefficient (Wildman–Crippen LogP) is 7.57. The Kier molecular flexibility index (Phi) is 8.55. The van der Waals surface area contributed by atoms with E-state index in [1.807, 2.05) is 13.8 Å². The molecular formula is C27H28F3NO4S. The summed E-state index contributed by atoms with van der Waals surface area (Å²) in [5, 5.41) is 0.628. The summed E-state index contributed by atoms with van der Waals surface area (Å²) in [6, 6.07) is 9.79. The Morgan fingerprint density at radius 2 is 1.69 bits per heavy atom. The molecule has 0 amide bonds. The summed E-state index contributed by atoms with van der Waals surface area (Å²) in [5.41, 5.74) is 1.97. The zero-order chi connectivity index (χ0) is 26.6. The third-order valence-electron chi connectivity index (χ3n) is 5.50. The molecule has 3 rings (SSSR count). The van der Waals surface area contributed by atoms with E-state index in [1.54, 1.807) is 39.0 Å². The van der Waals surface area contributed by atoms with Gasteiger partial charge in [0.05, 0.1) is 17.2 Å². The molecule has 0 spiro atoms. The Labute approximate surface area is 212 Å². The topological polar surface area (TPSA) is 65.5 Å². The standard InChI is InChI=1S/C27H28F3NO4S/c1-15(2)24-23(36-25(31-24)18-6-8-19(9-7-18)27(28,29)30)13-12-22(32)21-11-10-20(14-17(21)5)34-35-26(33)16(3)4/h6-11,14-16H,12-13H2,1-5H3. The third-order valence-corrected chi connectivity index (χ3v) is 6.68. The van der Waals surface area contributed by atoms with Crippen molar-refractivity contribution in [3.8, 4) is 16.3 Å². The number of aryl methyl sites for hydroxylation is 2. The van der Waals surface area contributed by atoms with Crippen molar-refractivity contribution in [1.82, 2.24) is 4.98 Å². The minimum Gasteiger partial charge on any atom is -0.294 e. The van der Waals surface area contributed by atoms with Gasteiger partial charge in [-0.3, -0.25) is 14.6 Å². The summed E-state index contributed by atoms with van der Waals surface area (Å²) >= 11 is 1.40. The summed E-state index contributed by atoms with van der Waals surface area (Å²) < 4.78 is 38.7. The number of benzene rings is 2. The van der Waals surface area contributed by atoms with Gasteiger partial charge in [0.15, 0.2) is 11.5 Å². The van der Waals surface area contributed by atoms with Crippen LogP contribution in [0, 0.1) is 12.8 Å². The van der Waals surface area contributed by atoms with Crippen LogP contribution in [0.3, 0.4) is 0 Å². The van der Waals surface area contributed by atoms with Gasteiger partial charge in [-0.25, -0.2) is 9.78 Å². The number of Topliss-reactive ketones (excluding diaryl/α,β-unsaturated/α-hetero) is 1. The summed E-state index contributed by atoms with van der Waals surface area (Å²) in [5.74, 6) is -0.453.